The minimum atomic E-state index is -0.138. The average Bonchev–Trinajstić information content (AvgIpc) is 3.32. The second-order valence-corrected chi connectivity index (χ2v) is 9.65. The van der Waals surface area contributed by atoms with E-state index < -0.39 is 0 Å². The van der Waals surface area contributed by atoms with Crippen LogP contribution in [-0.2, 0) is 0 Å². The standard InChI is InChI=1S/C25H28N5O4/c1-14(2)8-30-9-16(10-30)29-25(31)17-7-26-23-21(17)27-12-28-22(23)20-18(32-11-15-3-4-15)5-6-19-24(20)34-13-33-19/h5-7,12,15-16,26H,3-4,8-11,13H2,1-2H3,(H,29,31). The van der Waals surface area contributed by atoms with Crippen molar-refractivity contribution in [3.8, 4) is 28.5 Å². The van der Waals surface area contributed by atoms with Crippen LogP contribution in [0.4, 0.5) is 0 Å². The zero-order chi connectivity index (χ0) is 23.2. The van der Waals surface area contributed by atoms with Crippen LogP contribution in [0, 0.1) is 11.8 Å². The average molecular weight is 463 g/mol. The van der Waals surface area contributed by atoms with E-state index in [0.29, 0.717) is 52.1 Å². The van der Waals surface area contributed by atoms with E-state index in [0.717, 1.165) is 25.2 Å². The number of amides is 1. The first-order valence-corrected chi connectivity index (χ1v) is 11.8. The van der Waals surface area contributed by atoms with Crippen molar-refractivity contribution in [3.63, 3.8) is 0 Å². The molecule has 1 aliphatic carbocycles. The molecule has 2 N–H and O–H groups in total. The van der Waals surface area contributed by atoms with Crippen LogP contribution in [0.1, 0.15) is 37.0 Å². The molecule has 2 aromatic heterocycles. The summed E-state index contributed by atoms with van der Waals surface area (Å²) in [5, 5.41) is 3.13. The molecule has 1 saturated carbocycles. The van der Waals surface area contributed by atoms with Crippen LogP contribution < -0.4 is 19.5 Å². The molecule has 0 atom stereocenters. The molecule has 1 saturated heterocycles. The van der Waals surface area contributed by atoms with E-state index in [1.807, 2.05) is 12.1 Å². The number of H-pyrrole nitrogens is 1. The maximum atomic E-state index is 13.1. The fraction of sp³-hybridized carbons (Fsp3) is 0.440. The van der Waals surface area contributed by atoms with Gasteiger partial charge in [-0.05, 0) is 36.8 Å². The number of likely N-dealkylation sites (tertiary alicyclic amines) is 1. The van der Waals surface area contributed by atoms with E-state index >= 15 is 0 Å². The van der Waals surface area contributed by atoms with E-state index in [-0.39, 0.29) is 18.7 Å². The zero-order valence-corrected chi connectivity index (χ0v) is 19.4. The summed E-state index contributed by atoms with van der Waals surface area (Å²) < 4.78 is 17.6. The van der Waals surface area contributed by atoms with Gasteiger partial charge in [-0.25, -0.2) is 9.97 Å². The normalized spacial score (nSPS) is 17.9. The first-order chi connectivity index (χ1) is 16.6. The Balaban J connectivity index is 1.29. The number of rotatable bonds is 8. The summed E-state index contributed by atoms with van der Waals surface area (Å²) in [6.45, 7) is 7.73. The summed E-state index contributed by atoms with van der Waals surface area (Å²) in [5.41, 5.74) is 3.08. The highest BCUT2D eigenvalue weighted by Gasteiger charge is 2.31. The van der Waals surface area contributed by atoms with Crippen LogP contribution in [0.3, 0.4) is 0 Å². The Kier molecular flexibility index (Phi) is 5.28. The Hall–Kier alpha value is -3.33. The van der Waals surface area contributed by atoms with Gasteiger partial charge in [-0.2, -0.15) is 0 Å². The Morgan fingerprint density at radius 3 is 2.88 bits per heavy atom. The Labute approximate surface area is 197 Å². The third-order valence-electron chi connectivity index (χ3n) is 6.45. The van der Waals surface area contributed by atoms with Gasteiger partial charge in [-0.15, -0.1) is 0 Å². The van der Waals surface area contributed by atoms with Crippen molar-refractivity contribution >= 4 is 16.9 Å². The Bertz CT molecular complexity index is 1230. The molecule has 2 aliphatic heterocycles. The van der Waals surface area contributed by atoms with Gasteiger partial charge in [0, 0.05) is 25.8 Å². The molecule has 9 heteroatoms. The number of ether oxygens (including phenoxy) is 3. The number of hydrogen-bond acceptors (Lipinski definition) is 7. The second-order valence-electron chi connectivity index (χ2n) is 9.65. The summed E-state index contributed by atoms with van der Waals surface area (Å²) >= 11 is 0. The van der Waals surface area contributed by atoms with Crippen molar-refractivity contribution < 1.29 is 19.0 Å². The van der Waals surface area contributed by atoms with Gasteiger partial charge in [-0.3, -0.25) is 9.69 Å². The third-order valence-corrected chi connectivity index (χ3v) is 6.45. The van der Waals surface area contributed by atoms with Gasteiger partial charge < -0.3 is 24.5 Å². The molecule has 1 aromatic carbocycles. The molecule has 1 amide bonds. The van der Waals surface area contributed by atoms with Crippen LogP contribution in [0.5, 0.6) is 17.2 Å². The molecule has 2 fully saturated rings. The van der Waals surface area contributed by atoms with Crippen LogP contribution in [0.25, 0.3) is 22.3 Å². The van der Waals surface area contributed by atoms with Crippen molar-refractivity contribution in [2.45, 2.75) is 32.7 Å². The number of nitrogens with zero attached hydrogens (tertiary/aromatic N) is 3. The molecule has 4 heterocycles. The van der Waals surface area contributed by atoms with E-state index in [2.05, 4.69) is 39.0 Å². The summed E-state index contributed by atoms with van der Waals surface area (Å²) in [6, 6.07) is 3.90. The number of carbonyl (C=O) groups excluding carboxylic acids is 1. The lowest BCUT2D eigenvalue weighted by Gasteiger charge is -2.40. The summed E-state index contributed by atoms with van der Waals surface area (Å²) in [5.74, 6) is 3.78. The number of aromatic nitrogens is 3. The molecule has 6 rings (SSSR count). The topological polar surface area (TPSA) is 102 Å². The molecule has 0 spiro atoms. The minimum Gasteiger partial charge on any atom is -0.492 e. The van der Waals surface area contributed by atoms with Gasteiger partial charge >= 0.3 is 0 Å². The third kappa shape index (κ3) is 3.94. The quantitative estimate of drug-likeness (QED) is 0.530. The largest absolute Gasteiger partial charge is 0.492 e. The molecule has 177 valence electrons. The van der Waals surface area contributed by atoms with Crippen molar-refractivity contribution in [1.82, 2.24) is 25.2 Å². The van der Waals surface area contributed by atoms with Crippen molar-refractivity contribution in [3.05, 3.63) is 36.1 Å². The molecular weight excluding hydrogens is 434 g/mol. The lowest BCUT2D eigenvalue weighted by molar-refractivity contribution is 0.0825. The van der Waals surface area contributed by atoms with Gasteiger partial charge in [0.2, 0.25) is 6.79 Å². The highest BCUT2D eigenvalue weighted by molar-refractivity contribution is 6.08. The molecule has 3 aromatic rings. The summed E-state index contributed by atoms with van der Waals surface area (Å²) in [7, 11) is 0. The number of hydrogen-bond donors (Lipinski definition) is 2. The zero-order valence-electron chi connectivity index (χ0n) is 19.4. The van der Waals surface area contributed by atoms with Crippen LogP contribution in [0.2, 0.25) is 0 Å². The number of benzene rings is 1. The fourth-order valence-electron chi connectivity index (χ4n) is 4.59. The van der Waals surface area contributed by atoms with Crippen LogP contribution in [0.15, 0.2) is 24.7 Å². The predicted octanol–water partition coefficient (Wildman–Crippen LogP) is 3.17. The van der Waals surface area contributed by atoms with Gasteiger partial charge in [-0.1, -0.05) is 13.8 Å². The molecular formula is C25H28N5O4. The first-order valence-electron chi connectivity index (χ1n) is 11.8. The first kappa shape index (κ1) is 21.2. The van der Waals surface area contributed by atoms with Crippen LogP contribution >= 0.6 is 0 Å². The highest BCUT2D eigenvalue weighted by Crippen LogP contribution is 2.48. The molecule has 0 unspecified atom stereocenters. The number of fused-ring (bicyclic) bond motifs is 2. The lowest BCUT2D eigenvalue weighted by atomic mass is 10.1. The summed E-state index contributed by atoms with van der Waals surface area (Å²) in [6.07, 6.45) is 5.57. The predicted molar refractivity (Wildman–Crippen MR) is 126 cm³/mol. The Morgan fingerprint density at radius 1 is 1.24 bits per heavy atom. The van der Waals surface area contributed by atoms with Crippen molar-refractivity contribution in [2.75, 3.05) is 33.0 Å². The van der Waals surface area contributed by atoms with Crippen molar-refractivity contribution in [2.24, 2.45) is 5.92 Å². The second kappa shape index (κ2) is 8.47. The Morgan fingerprint density at radius 2 is 2.09 bits per heavy atom. The van der Waals surface area contributed by atoms with E-state index in [1.54, 1.807) is 6.20 Å². The minimum absolute atomic E-state index is 0.138. The number of carbonyl (C=O) groups is 1. The molecule has 0 bridgehead atoms. The van der Waals surface area contributed by atoms with E-state index in [9.17, 15) is 4.79 Å². The SMILES string of the molecule is C[C](C)CN1CC(NC(=O)c2c[nH]c3c(-c4c(OCC5CC5)ccc5c4OCO5)ncnc23)C1. The lowest BCUT2D eigenvalue weighted by Crippen LogP contribution is -2.59. The highest BCUT2D eigenvalue weighted by atomic mass is 16.7. The van der Waals surface area contributed by atoms with E-state index in [1.165, 1.54) is 25.1 Å². The monoisotopic (exact) mass is 462 g/mol. The van der Waals surface area contributed by atoms with Crippen molar-refractivity contribution in [1.29, 1.82) is 0 Å². The van der Waals surface area contributed by atoms with Gasteiger partial charge in [0.1, 0.15) is 23.3 Å². The van der Waals surface area contributed by atoms with Gasteiger partial charge in [0.25, 0.3) is 5.91 Å². The fourth-order valence-corrected chi connectivity index (χ4v) is 4.59. The van der Waals surface area contributed by atoms with Gasteiger partial charge in [0.15, 0.2) is 11.5 Å². The number of aromatic amines is 1. The molecule has 34 heavy (non-hydrogen) atoms. The van der Waals surface area contributed by atoms with Gasteiger partial charge in [0.05, 0.1) is 29.3 Å². The smallest absolute Gasteiger partial charge is 0.255 e. The van der Waals surface area contributed by atoms with E-state index in [4.69, 9.17) is 14.2 Å². The summed E-state index contributed by atoms with van der Waals surface area (Å²) in [4.78, 5) is 27.6. The maximum absolute atomic E-state index is 13.1. The molecule has 3 aliphatic rings. The van der Waals surface area contributed by atoms with Crippen LogP contribution in [-0.4, -0.2) is 64.8 Å². The molecule has 1 radical (unpaired) electrons. The molecule has 9 nitrogen and oxygen atoms in total. The number of nitrogens with one attached hydrogen (secondary N) is 2. The maximum Gasteiger partial charge on any atom is 0.255 e.